The normalized spacial score (nSPS) is 14.3. The SMILES string of the molecule is Cc1ccc(CC(=O)NCC(C2CC2)N(C)C(=O)c2ccc(C(N)=O)[nH]2)cc1C. The van der Waals surface area contributed by atoms with Crippen LogP contribution >= 0.6 is 0 Å². The molecule has 1 aromatic heterocycles. The molecule has 0 radical (unpaired) electrons. The molecule has 1 aliphatic rings. The minimum absolute atomic E-state index is 0.0596. The first-order chi connectivity index (χ1) is 13.8. The largest absolute Gasteiger partial charge is 0.364 e. The number of likely N-dealkylation sites (N-methyl/N-ethyl adjacent to an activating group) is 1. The molecular formula is C22H28N4O3. The van der Waals surface area contributed by atoms with Gasteiger partial charge >= 0.3 is 0 Å². The molecule has 0 spiro atoms. The number of nitrogens with one attached hydrogen (secondary N) is 2. The van der Waals surface area contributed by atoms with Crippen molar-refractivity contribution in [2.24, 2.45) is 11.7 Å². The lowest BCUT2D eigenvalue weighted by Gasteiger charge is -2.28. The molecule has 1 fully saturated rings. The molecule has 2 aromatic rings. The number of aromatic nitrogens is 1. The number of carbonyl (C=O) groups is 3. The van der Waals surface area contributed by atoms with Gasteiger partial charge in [0, 0.05) is 13.6 Å². The summed E-state index contributed by atoms with van der Waals surface area (Å²) in [6.45, 7) is 4.48. The molecule has 0 aliphatic heterocycles. The highest BCUT2D eigenvalue weighted by Crippen LogP contribution is 2.35. The van der Waals surface area contributed by atoms with E-state index in [4.69, 9.17) is 5.73 Å². The average Bonchev–Trinajstić information content (AvgIpc) is 3.38. The first-order valence-corrected chi connectivity index (χ1v) is 9.85. The van der Waals surface area contributed by atoms with Gasteiger partial charge < -0.3 is 20.9 Å². The van der Waals surface area contributed by atoms with Gasteiger partial charge in [-0.25, -0.2) is 0 Å². The monoisotopic (exact) mass is 396 g/mol. The van der Waals surface area contributed by atoms with Crippen LogP contribution in [0.1, 0.15) is 50.5 Å². The third kappa shape index (κ3) is 5.04. The molecule has 1 atom stereocenters. The number of nitrogens with zero attached hydrogens (tertiary/aromatic N) is 1. The van der Waals surface area contributed by atoms with Crippen molar-refractivity contribution >= 4 is 17.7 Å². The zero-order valence-electron chi connectivity index (χ0n) is 17.1. The Morgan fingerprint density at radius 1 is 1.14 bits per heavy atom. The summed E-state index contributed by atoms with van der Waals surface area (Å²) >= 11 is 0. The number of hydrogen-bond donors (Lipinski definition) is 3. The van der Waals surface area contributed by atoms with Crippen LogP contribution in [0.2, 0.25) is 0 Å². The highest BCUT2D eigenvalue weighted by atomic mass is 16.2. The molecule has 3 amide bonds. The molecule has 1 unspecified atom stereocenters. The first-order valence-electron chi connectivity index (χ1n) is 9.85. The van der Waals surface area contributed by atoms with Crippen LogP contribution < -0.4 is 11.1 Å². The van der Waals surface area contributed by atoms with Gasteiger partial charge in [0.1, 0.15) is 11.4 Å². The van der Waals surface area contributed by atoms with E-state index in [1.54, 1.807) is 18.0 Å². The second-order valence-electron chi connectivity index (χ2n) is 7.87. The highest BCUT2D eigenvalue weighted by molar-refractivity contribution is 5.96. The maximum atomic E-state index is 12.8. The maximum absolute atomic E-state index is 12.8. The Morgan fingerprint density at radius 3 is 2.41 bits per heavy atom. The minimum atomic E-state index is -0.607. The third-order valence-electron chi connectivity index (χ3n) is 5.61. The second-order valence-corrected chi connectivity index (χ2v) is 7.87. The molecular weight excluding hydrogens is 368 g/mol. The standard InChI is InChI=1S/C22H28N4O3/c1-13-4-5-15(10-14(13)2)11-20(27)24-12-19(16-6-7-16)26(3)22(29)18-9-8-17(25-18)21(23)28/h4-5,8-10,16,19,25H,6-7,11-12H2,1-3H3,(H2,23,28)(H,24,27). The van der Waals surface area contributed by atoms with E-state index < -0.39 is 5.91 Å². The molecule has 4 N–H and O–H groups in total. The predicted molar refractivity (Wildman–Crippen MR) is 111 cm³/mol. The molecule has 7 heteroatoms. The molecule has 0 bridgehead atoms. The van der Waals surface area contributed by atoms with E-state index in [-0.39, 0.29) is 23.6 Å². The molecule has 1 heterocycles. The number of rotatable bonds is 8. The molecule has 0 saturated heterocycles. The summed E-state index contributed by atoms with van der Waals surface area (Å²) in [6.07, 6.45) is 2.38. The molecule has 29 heavy (non-hydrogen) atoms. The summed E-state index contributed by atoms with van der Waals surface area (Å²) in [5, 5.41) is 2.98. The minimum Gasteiger partial charge on any atom is -0.364 e. The van der Waals surface area contributed by atoms with E-state index in [0.717, 1.165) is 24.0 Å². The van der Waals surface area contributed by atoms with E-state index in [9.17, 15) is 14.4 Å². The molecule has 154 valence electrons. The summed E-state index contributed by atoms with van der Waals surface area (Å²) in [4.78, 5) is 40.9. The lowest BCUT2D eigenvalue weighted by molar-refractivity contribution is -0.120. The van der Waals surface area contributed by atoms with Gasteiger partial charge in [-0.2, -0.15) is 0 Å². The molecule has 1 aliphatic carbocycles. The predicted octanol–water partition coefficient (Wildman–Crippen LogP) is 1.94. The van der Waals surface area contributed by atoms with Crippen LogP contribution in [0.15, 0.2) is 30.3 Å². The second kappa shape index (κ2) is 8.51. The quantitative estimate of drug-likeness (QED) is 0.634. The van der Waals surface area contributed by atoms with Gasteiger partial charge in [0.15, 0.2) is 0 Å². The zero-order chi connectivity index (χ0) is 21.1. The van der Waals surface area contributed by atoms with Crippen molar-refractivity contribution in [3.8, 4) is 0 Å². The van der Waals surface area contributed by atoms with Crippen LogP contribution in [0, 0.1) is 19.8 Å². The lowest BCUT2D eigenvalue weighted by Crippen LogP contribution is -2.46. The number of aromatic amines is 1. The van der Waals surface area contributed by atoms with Gasteiger partial charge in [-0.1, -0.05) is 18.2 Å². The zero-order valence-corrected chi connectivity index (χ0v) is 17.1. The van der Waals surface area contributed by atoms with Crippen LogP contribution in [0.3, 0.4) is 0 Å². The van der Waals surface area contributed by atoms with Crippen molar-refractivity contribution in [3.63, 3.8) is 0 Å². The van der Waals surface area contributed by atoms with Crippen LogP contribution in [-0.2, 0) is 11.2 Å². The van der Waals surface area contributed by atoms with Gasteiger partial charge in [0.05, 0.1) is 12.5 Å². The van der Waals surface area contributed by atoms with Gasteiger partial charge in [-0.05, 0) is 61.4 Å². The van der Waals surface area contributed by atoms with Crippen molar-refractivity contribution in [2.75, 3.05) is 13.6 Å². The molecule has 1 saturated carbocycles. The Hall–Kier alpha value is -3.09. The van der Waals surface area contributed by atoms with Crippen LogP contribution in [0.5, 0.6) is 0 Å². The number of primary amides is 1. The first kappa shape index (κ1) is 20.6. The Morgan fingerprint density at radius 2 is 1.83 bits per heavy atom. The van der Waals surface area contributed by atoms with Gasteiger partial charge in [0.25, 0.3) is 11.8 Å². The summed E-state index contributed by atoms with van der Waals surface area (Å²) in [7, 11) is 1.73. The molecule has 1 aromatic carbocycles. The maximum Gasteiger partial charge on any atom is 0.270 e. The van der Waals surface area contributed by atoms with Crippen LogP contribution in [-0.4, -0.2) is 47.2 Å². The fraction of sp³-hybridized carbons (Fsp3) is 0.409. The summed E-state index contributed by atoms with van der Waals surface area (Å²) < 4.78 is 0. The van der Waals surface area contributed by atoms with Crippen LogP contribution in [0.25, 0.3) is 0 Å². The summed E-state index contributed by atoms with van der Waals surface area (Å²) in [5.41, 5.74) is 9.10. The van der Waals surface area contributed by atoms with Gasteiger partial charge in [0.2, 0.25) is 5.91 Å². The smallest absolute Gasteiger partial charge is 0.270 e. The number of aryl methyl sites for hydroxylation is 2. The van der Waals surface area contributed by atoms with E-state index in [1.165, 1.54) is 11.6 Å². The Labute approximate surface area is 170 Å². The average molecular weight is 396 g/mol. The molecule has 7 nitrogen and oxygen atoms in total. The fourth-order valence-electron chi connectivity index (χ4n) is 3.48. The number of nitrogens with two attached hydrogens (primary N) is 1. The van der Waals surface area contributed by atoms with Gasteiger partial charge in [-0.3, -0.25) is 14.4 Å². The topological polar surface area (TPSA) is 108 Å². The van der Waals surface area contributed by atoms with E-state index >= 15 is 0 Å². The number of hydrogen-bond acceptors (Lipinski definition) is 3. The van der Waals surface area contributed by atoms with E-state index in [1.807, 2.05) is 32.0 Å². The van der Waals surface area contributed by atoms with Crippen molar-refractivity contribution < 1.29 is 14.4 Å². The highest BCUT2D eigenvalue weighted by Gasteiger charge is 2.36. The van der Waals surface area contributed by atoms with Crippen molar-refractivity contribution in [1.82, 2.24) is 15.2 Å². The van der Waals surface area contributed by atoms with Crippen molar-refractivity contribution in [3.05, 3.63) is 58.4 Å². The van der Waals surface area contributed by atoms with Crippen molar-refractivity contribution in [1.29, 1.82) is 0 Å². The van der Waals surface area contributed by atoms with Crippen molar-refractivity contribution in [2.45, 2.75) is 39.2 Å². The number of amides is 3. The number of carbonyl (C=O) groups excluding carboxylic acids is 3. The number of benzene rings is 1. The van der Waals surface area contributed by atoms with Crippen LogP contribution in [0.4, 0.5) is 0 Å². The molecule has 3 rings (SSSR count). The fourth-order valence-corrected chi connectivity index (χ4v) is 3.48. The summed E-state index contributed by atoms with van der Waals surface area (Å²) in [6, 6.07) is 8.99. The lowest BCUT2D eigenvalue weighted by atomic mass is 10.0. The summed E-state index contributed by atoms with van der Waals surface area (Å²) in [5.74, 6) is -0.519. The Balaban J connectivity index is 1.60. The third-order valence-corrected chi connectivity index (χ3v) is 5.61. The Kier molecular flexibility index (Phi) is 6.06. The van der Waals surface area contributed by atoms with E-state index in [0.29, 0.717) is 24.6 Å². The number of H-pyrrole nitrogens is 1. The van der Waals surface area contributed by atoms with Gasteiger partial charge in [-0.15, -0.1) is 0 Å². The Bertz CT molecular complexity index is 930. The van der Waals surface area contributed by atoms with E-state index in [2.05, 4.69) is 10.3 Å².